The molecule has 2 rings (SSSR count). The van der Waals surface area contributed by atoms with Gasteiger partial charge >= 0.3 is 0 Å². The van der Waals surface area contributed by atoms with Crippen LogP contribution in [0.3, 0.4) is 0 Å². The van der Waals surface area contributed by atoms with Crippen molar-refractivity contribution >= 4 is 0 Å². The van der Waals surface area contributed by atoms with E-state index >= 15 is 0 Å². The van der Waals surface area contributed by atoms with Crippen LogP contribution in [-0.2, 0) is 5.41 Å². The van der Waals surface area contributed by atoms with Gasteiger partial charge < -0.3 is 5.32 Å². The smallest absolute Gasteiger partial charge is 0.00729 e. The van der Waals surface area contributed by atoms with Crippen molar-refractivity contribution < 1.29 is 0 Å². The maximum atomic E-state index is 3.58. The van der Waals surface area contributed by atoms with Crippen molar-refractivity contribution in [3.05, 3.63) is 35.4 Å². The van der Waals surface area contributed by atoms with E-state index < -0.39 is 0 Å². The summed E-state index contributed by atoms with van der Waals surface area (Å²) in [6.45, 7) is 10.1. The van der Waals surface area contributed by atoms with Gasteiger partial charge in [0.25, 0.3) is 0 Å². The summed E-state index contributed by atoms with van der Waals surface area (Å²) in [6, 6.07) is 10.1. The highest BCUT2D eigenvalue weighted by molar-refractivity contribution is 5.30. The molecule has 0 aliphatic heterocycles. The van der Waals surface area contributed by atoms with Crippen molar-refractivity contribution in [2.75, 3.05) is 6.54 Å². The van der Waals surface area contributed by atoms with Gasteiger partial charge in [0, 0.05) is 6.04 Å². The summed E-state index contributed by atoms with van der Waals surface area (Å²) in [5.41, 5.74) is 3.23. The standard InChI is InChI=1S/C17H27N/c1-5-18-16-11-8-14(12-16)13-6-9-15(10-7-13)17(2,3)4/h6-7,9-10,14,16,18H,5,8,11-12H2,1-4H3. The monoisotopic (exact) mass is 245 g/mol. The van der Waals surface area contributed by atoms with Crippen molar-refractivity contribution in [1.29, 1.82) is 0 Å². The van der Waals surface area contributed by atoms with Crippen molar-refractivity contribution in [3.63, 3.8) is 0 Å². The maximum absolute atomic E-state index is 3.58. The Morgan fingerprint density at radius 2 is 1.78 bits per heavy atom. The molecule has 1 aliphatic rings. The Hall–Kier alpha value is -0.820. The molecule has 1 nitrogen and oxygen atoms in total. The molecule has 1 N–H and O–H groups in total. The summed E-state index contributed by atoms with van der Waals surface area (Å²) in [4.78, 5) is 0. The van der Waals surface area contributed by atoms with Crippen LogP contribution < -0.4 is 5.32 Å². The van der Waals surface area contributed by atoms with E-state index in [9.17, 15) is 0 Å². The molecule has 0 heterocycles. The molecule has 1 aromatic rings. The molecular weight excluding hydrogens is 218 g/mol. The fourth-order valence-electron chi connectivity index (χ4n) is 3.01. The quantitative estimate of drug-likeness (QED) is 0.840. The topological polar surface area (TPSA) is 12.0 Å². The molecule has 0 radical (unpaired) electrons. The molecular formula is C17H27N. The van der Waals surface area contributed by atoms with Gasteiger partial charge in [-0.1, -0.05) is 52.0 Å². The highest BCUT2D eigenvalue weighted by Gasteiger charge is 2.25. The maximum Gasteiger partial charge on any atom is 0.00729 e. The summed E-state index contributed by atoms with van der Waals surface area (Å²) >= 11 is 0. The van der Waals surface area contributed by atoms with Gasteiger partial charge in [-0.25, -0.2) is 0 Å². The van der Waals surface area contributed by atoms with Gasteiger partial charge in [-0.15, -0.1) is 0 Å². The minimum Gasteiger partial charge on any atom is -0.314 e. The Morgan fingerprint density at radius 1 is 1.11 bits per heavy atom. The van der Waals surface area contributed by atoms with Crippen molar-refractivity contribution in [2.45, 2.75) is 64.3 Å². The summed E-state index contributed by atoms with van der Waals surface area (Å²) in [7, 11) is 0. The van der Waals surface area contributed by atoms with Gasteiger partial charge in [-0.05, 0) is 48.3 Å². The van der Waals surface area contributed by atoms with E-state index in [1.807, 2.05) is 0 Å². The minimum atomic E-state index is 0.264. The fourth-order valence-corrected chi connectivity index (χ4v) is 3.01. The molecule has 1 aromatic carbocycles. The molecule has 2 unspecified atom stereocenters. The van der Waals surface area contributed by atoms with Gasteiger partial charge in [0.05, 0.1) is 0 Å². The Balaban J connectivity index is 2.03. The molecule has 1 aliphatic carbocycles. The Kier molecular flexibility index (Phi) is 4.11. The molecule has 0 spiro atoms. The normalized spacial score (nSPS) is 24.4. The van der Waals surface area contributed by atoms with Gasteiger partial charge in [-0.2, -0.15) is 0 Å². The van der Waals surface area contributed by atoms with Gasteiger partial charge in [-0.3, -0.25) is 0 Å². The first kappa shape index (κ1) is 13.6. The van der Waals surface area contributed by atoms with Crippen LogP contribution in [0.5, 0.6) is 0 Å². The molecule has 2 atom stereocenters. The van der Waals surface area contributed by atoms with Crippen LogP contribution in [0.4, 0.5) is 0 Å². The zero-order valence-corrected chi connectivity index (χ0v) is 12.3. The third-order valence-corrected chi connectivity index (χ3v) is 4.17. The van der Waals surface area contributed by atoms with Crippen molar-refractivity contribution in [1.82, 2.24) is 5.32 Å². The highest BCUT2D eigenvalue weighted by Crippen LogP contribution is 2.35. The summed E-state index contributed by atoms with van der Waals surface area (Å²) in [6.07, 6.45) is 3.98. The van der Waals surface area contributed by atoms with E-state index in [1.54, 1.807) is 0 Å². The van der Waals surface area contributed by atoms with Crippen LogP contribution in [0.1, 0.15) is 64.0 Å². The van der Waals surface area contributed by atoms with Crippen LogP contribution in [0.2, 0.25) is 0 Å². The average Bonchev–Trinajstić information content (AvgIpc) is 2.77. The van der Waals surface area contributed by atoms with E-state index in [4.69, 9.17) is 0 Å². The second-order valence-corrected chi connectivity index (χ2v) is 6.64. The molecule has 0 bridgehead atoms. The Bertz CT molecular complexity index is 372. The average molecular weight is 245 g/mol. The van der Waals surface area contributed by atoms with Crippen molar-refractivity contribution in [2.24, 2.45) is 0 Å². The first-order valence-electron chi connectivity index (χ1n) is 7.34. The summed E-state index contributed by atoms with van der Waals surface area (Å²) in [5.74, 6) is 0.767. The third kappa shape index (κ3) is 3.14. The van der Waals surface area contributed by atoms with E-state index in [1.165, 1.54) is 30.4 Å². The van der Waals surface area contributed by atoms with Crippen LogP contribution in [0, 0.1) is 0 Å². The van der Waals surface area contributed by atoms with E-state index in [-0.39, 0.29) is 5.41 Å². The molecule has 1 saturated carbocycles. The lowest BCUT2D eigenvalue weighted by Crippen LogP contribution is -2.25. The Morgan fingerprint density at radius 3 is 2.33 bits per heavy atom. The van der Waals surface area contributed by atoms with Crippen LogP contribution >= 0.6 is 0 Å². The number of hydrogen-bond acceptors (Lipinski definition) is 1. The van der Waals surface area contributed by atoms with Crippen LogP contribution in [0.15, 0.2) is 24.3 Å². The van der Waals surface area contributed by atoms with E-state index in [0.29, 0.717) is 0 Å². The zero-order chi connectivity index (χ0) is 13.2. The molecule has 0 amide bonds. The van der Waals surface area contributed by atoms with Crippen LogP contribution in [-0.4, -0.2) is 12.6 Å². The van der Waals surface area contributed by atoms with E-state index in [2.05, 4.69) is 57.3 Å². The lowest BCUT2D eigenvalue weighted by Gasteiger charge is -2.20. The van der Waals surface area contributed by atoms with E-state index in [0.717, 1.165) is 18.5 Å². The lowest BCUT2D eigenvalue weighted by atomic mass is 9.85. The zero-order valence-electron chi connectivity index (χ0n) is 12.3. The first-order valence-corrected chi connectivity index (χ1v) is 7.34. The number of hydrogen-bond donors (Lipinski definition) is 1. The van der Waals surface area contributed by atoms with Crippen LogP contribution in [0.25, 0.3) is 0 Å². The van der Waals surface area contributed by atoms with Gasteiger partial charge in [0.15, 0.2) is 0 Å². The molecule has 100 valence electrons. The first-order chi connectivity index (χ1) is 8.50. The number of rotatable bonds is 3. The lowest BCUT2D eigenvalue weighted by molar-refractivity contribution is 0.535. The largest absolute Gasteiger partial charge is 0.314 e. The van der Waals surface area contributed by atoms with Gasteiger partial charge in [0.2, 0.25) is 0 Å². The Labute approximate surface area is 112 Å². The second kappa shape index (κ2) is 5.44. The summed E-state index contributed by atoms with van der Waals surface area (Å²) < 4.78 is 0. The summed E-state index contributed by atoms with van der Waals surface area (Å²) in [5, 5.41) is 3.58. The SMILES string of the molecule is CCNC1CCC(c2ccc(C(C)(C)C)cc2)C1. The van der Waals surface area contributed by atoms with Crippen molar-refractivity contribution in [3.8, 4) is 0 Å². The molecule has 0 aromatic heterocycles. The third-order valence-electron chi connectivity index (χ3n) is 4.17. The fraction of sp³-hybridized carbons (Fsp3) is 0.647. The predicted molar refractivity (Wildman–Crippen MR) is 79.2 cm³/mol. The number of nitrogens with one attached hydrogen (secondary N) is 1. The predicted octanol–water partition coefficient (Wildman–Crippen LogP) is 4.23. The molecule has 18 heavy (non-hydrogen) atoms. The van der Waals surface area contributed by atoms with Gasteiger partial charge in [0.1, 0.15) is 0 Å². The second-order valence-electron chi connectivity index (χ2n) is 6.64. The number of benzene rings is 1. The molecule has 0 saturated heterocycles. The molecule has 1 fully saturated rings. The minimum absolute atomic E-state index is 0.264. The highest BCUT2D eigenvalue weighted by atomic mass is 14.9. The molecule has 1 heteroatoms.